The molecule has 1 atom stereocenters. The summed E-state index contributed by atoms with van der Waals surface area (Å²) >= 11 is 0. The van der Waals surface area contributed by atoms with Gasteiger partial charge < -0.3 is 32.2 Å². The average Bonchev–Trinajstić information content (AvgIpc) is 3.27. The fourth-order valence-electron chi connectivity index (χ4n) is 3.96. The molecule has 2 aromatic carbocycles. The van der Waals surface area contributed by atoms with Gasteiger partial charge in [0.25, 0.3) is 0 Å². The molecule has 0 saturated heterocycles. The number of carbonyl (C=O) groups excluding carboxylic acids is 1. The van der Waals surface area contributed by atoms with E-state index < -0.39 is 0 Å². The molecule has 0 fully saturated rings. The van der Waals surface area contributed by atoms with Crippen molar-refractivity contribution in [3.63, 3.8) is 0 Å². The van der Waals surface area contributed by atoms with Crippen molar-refractivity contribution in [2.45, 2.75) is 32.0 Å². The highest BCUT2D eigenvalue weighted by Crippen LogP contribution is 2.29. The first-order valence-corrected chi connectivity index (χ1v) is 11.9. The van der Waals surface area contributed by atoms with E-state index in [1.54, 1.807) is 4.90 Å². The number of rotatable bonds is 12. The summed E-state index contributed by atoms with van der Waals surface area (Å²) in [5.41, 5.74) is 15.7. The Balaban J connectivity index is 1.42. The molecule has 4 rings (SSSR count). The number of anilines is 1. The number of amides is 2. The van der Waals surface area contributed by atoms with Gasteiger partial charge in [0, 0.05) is 36.0 Å². The lowest BCUT2D eigenvalue weighted by atomic mass is 10.1. The Morgan fingerprint density at radius 2 is 1.97 bits per heavy atom. The molecule has 2 aliphatic rings. The van der Waals surface area contributed by atoms with Crippen molar-refractivity contribution in [2.24, 2.45) is 11.5 Å². The van der Waals surface area contributed by atoms with Crippen molar-refractivity contribution >= 4 is 23.3 Å². The van der Waals surface area contributed by atoms with Crippen LogP contribution >= 0.6 is 0 Å². The minimum atomic E-state index is -0.278. The predicted molar refractivity (Wildman–Crippen MR) is 139 cm³/mol. The van der Waals surface area contributed by atoms with Gasteiger partial charge in [-0.15, -0.1) is 0 Å². The Labute approximate surface area is 205 Å². The maximum atomic E-state index is 12.8. The number of hydrogen-bond acceptors (Lipinski definition) is 6. The van der Waals surface area contributed by atoms with E-state index in [-0.39, 0.29) is 18.0 Å². The van der Waals surface area contributed by atoms with Gasteiger partial charge in [-0.2, -0.15) is 0 Å². The number of urea groups is 1. The lowest BCUT2D eigenvalue weighted by molar-refractivity contribution is 0.244. The van der Waals surface area contributed by atoms with Gasteiger partial charge in [0.05, 0.1) is 18.1 Å². The number of carbonyl (C=O) groups is 1. The molecule has 184 valence electrons. The van der Waals surface area contributed by atoms with Gasteiger partial charge >= 0.3 is 6.03 Å². The lowest BCUT2D eigenvalue weighted by Crippen LogP contribution is -2.51. The van der Waals surface area contributed by atoms with Gasteiger partial charge in [0.2, 0.25) is 0 Å². The van der Waals surface area contributed by atoms with Crippen LogP contribution in [0.4, 0.5) is 10.5 Å². The zero-order valence-corrected chi connectivity index (χ0v) is 19.7. The molecule has 0 radical (unpaired) electrons. The number of benzene rings is 2. The highest BCUT2D eigenvalue weighted by Gasteiger charge is 2.31. The van der Waals surface area contributed by atoms with Crippen LogP contribution in [0.1, 0.15) is 30.4 Å². The Morgan fingerprint density at radius 1 is 1.14 bits per heavy atom. The van der Waals surface area contributed by atoms with E-state index >= 15 is 0 Å². The molecule has 0 aliphatic carbocycles. The van der Waals surface area contributed by atoms with Crippen molar-refractivity contribution in [1.82, 2.24) is 16.0 Å². The summed E-state index contributed by atoms with van der Waals surface area (Å²) in [6, 6.07) is 15.6. The number of amidine groups is 1. The molecule has 35 heavy (non-hydrogen) atoms. The summed E-state index contributed by atoms with van der Waals surface area (Å²) < 4.78 is 5.80. The van der Waals surface area contributed by atoms with E-state index in [0.717, 1.165) is 53.3 Å². The van der Waals surface area contributed by atoms with Gasteiger partial charge in [0.15, 0.2) is 0 Å². The number of hydrogen-bond donors (Lipinski definition) is 6. The molecule has 9 heteroatoms. The van der Waals surface area contributed by atoms with Crippen LogP contribution in [0, 0.1) is 5.41 Å². The Kier molecular flexibility index (Phi) is 8.02. The summed E-state index contributed by atoms with van der Waals surface area (Å²) in [5.74, 6) is 0.918. The molecular weight excluding hydrogens is 442 g/mol. The molecule has 0 spiro atoms. The van der Waals surface area contributed by atoms with Crippen LogP contribution in [0.2, 0.25) is 0 Å². The van der Waals surface area contributed by atoms with E-state index in [1.165, 1.54) is 0 Å². The number of ether oxygens (including phenoxy) is 1. The largest absolute Gasteiger partial charge is 0.494 e. The van der Waals surface area contributed by atoms with Crippen molar-refractivity contribution in [1.29, 1.82) is 5.41 Å². The summed E-state index contributed by atoms with van der Waals surface area (Å²) in [6.45, 7) is 2.83. The maximum absolute atomic E-state index is 12.8. The molecule has 2 amide bonds. The van der Waals surface area contributed by atoms with Gasteiger partial charge in [-0.1, -0.05) is 24.3 Å². The summed E-state index contributed by atoms with van der Waals surface area (Å²) in [6.07, 6.45) is 5.81. The van der Waals surface area contributed by atoms with Crippen molar-refractivity contribution in [3.8, 4) is 5.75 Å². The molecule has 0 saturated carbocycles. The molecule has 2 aliphatic heterocycles. The van der Waals surface area contributed by atoms with Crippen LogP contribution < -0.4 is 37.1 Å². The van der Waals surface area contributed by atoms with E-state index in [9.17, 15) is 4.79 Å². The molecule has 1 unspecified atom stereocenters. The number of nitrogens with two attached hydrogens (primary N) is 2. The fraction of sp³-hybridized carbons (Fsp3) is 0.308. The van der Waals surface area contributed by atoms with E-state index in [2.05, 4.69) is 16.0 Å². The first-order chi connectivity index (χ1) is 17.0. The normalized spacial score (nSPS) is 16.7. The Morgan fingerprint density at radius 3 is 2.74 bits per heavy atom. The topological polar surface area (TPSA) is 142 Å². The zero-order chi connectivity index (χ0) is 24.6. The van der Waals surface area contributed by atoms with Crippen molar-refractivity contribution in [3.05, 3.63) is 77.5 Å². The lowest BCUT2D eigenvalue weighted by Gasteiger charge is -2.29. The predicted octanol–water partition coefficient (Wildman–Crippen LogP) is 2.60. The Hall–Kier alpha value is -3.82. The number of nitrogens with zero attached hydrogens (tertiary/aromatic N) is 1. The molecule has 2 heterocycles. The quantitative estimate of drug-likeness (QED) is 0.158. The second-order valence-electron chi connectivity index (χ2n) is 8.57. The zero-order valence-electron chi connectivity index (χ0n) is 19.7. The van der Waals surface area contributed by atoms with Crippen LogP contribution in [-0.2, 0) is 6.54 Å². The fourth-order valence-corrected chi connectivity index (χ4v) is 3.96. The first-order valence-electron chi connectivity index (χ1n) is 11.9. The van der Waals surface area contributed by atoms with E-state index in [1.807, 2.05) is 60.8 Å². The molecule has 8 N–H and O–H groups in total. The minimum absolute atomic E-state index is 0.168. The van der Waals surface area contributed by atoms with Gasteiger partial charge in [-0.25, -0.2) is 4.79 Å². The third-order valence-electron chi connectivity index (χ3n) is 5.81. The minimum Gasteiger partial charge on any atom is -0.494 e. The monoisotopic (exact) mass is 475 g/mol. The average molecular weight is 476 g/mol. The highest BCUT2D eigenvalue weighted by molar-refractivity contribution is 5.96. The van der Waals surface area contributed by atoms with Gasteiger partial charge in [-0.3, -0.25) is 10.3 Å². The van der Waals surface area contributed by atoms with Crippen molar-refractivity contribution < 1.29 is 9.53 Å². The summed E-state index contributed by atoms with van der Waals surface area (Å²) in [7, 11) is 0. The number of fused-ring (bicyclic) bond motifs is 1. The third-order valence-corrected chi connectivity index (χ3v) is 5.81. The summed E-state index contributed by atoms with van der Waals surface area (Å²) in [4.78, 5) is 14.4. The number of nitrogens with one attached hydrogen (secondary N) is 4. The van der Waals surface area contributed by atoms with Crippen LogP contribution in [0.15, 0.2) is 66.4 Å². The van der Waals surface area contributed by atoms with Crippen LogP contribution in [0.25, 0.3) is 5.70 Å². The van der Waals surface area contributed by atoms with Crippen molar-refractivity contribution in [2.75, 3.05) is 24.6 Å². The Bertz CT molecular complexity index is 1110. The second-order valence-corrected chi connectivity index (χ2v) is 8.57. The SMILES string of the molecule is N=C(N)CCCOc1cccc(C2=CC3=CN(c4ccc(CNCCCN)cc4)C(=O)NC3N2)c1. The van der Waals surface area contributed by atoms with Gasteiger partial charge in [-0.05, 0) is 61.8 Å². The van der Waals surface area contributed by atoms with Crippen LogP contribution in [0.3, 0.4) is 0 Å². The molecule has 0 aromatic heterocycles. The molecule has 2 aromatic rings. The molecular formula is C26H33N7O2. The smallest absolute Gasteiger partial charge is 0.327 e. The molecule has 9 nitrogen and oxygen atoms in total. The second kappa shape index (κ2) is 11.5. The third kappa shape index (κ3) is 6.40. The van der Waals surface area contributed by atoms with Crippen LogP contribution in [-0.4, -0.2) is 37.7 Å². The molecule has 0 bridgehead atoms. The van der Waals surface area contributed by atoms with Crippen LogP contribution in [0.5, 0.6) is 5.75 Å². The first kappa shape index (κ1) is 24.3. The van der Waals surface area contributed by atoms with E-state index in [4.69, 9.17) is 21.6 Å². The highest BCUT2D eigenvalue weighted by atomic mass is 16.5. The standard InChI is InChI=1S/C26H33N7O2/c27-11-3-12-30-16-18-7-9-21(10-8-18)33-17-20-15-23(31-25(20)32-26(33)34)19-4-1-5-22(14-19)35-13-2-6-24(28)29/h1,4-5,7-10,14-15,17,25,30-31H,2-3,6,11-13,16,27H2,(H3,28,29)(H,32,34). The summed E-state index contributed by atoms with van der Waals surface area (Å²) in [5, 5.41) is 17.1. The van der Waals surface area contributed by atoms with Gasteiger partial charge in [0.1, 0.15) is 11.9 Å². The maximum Gasteiger partial charge on any atom is 0.327 e. The van der Waals surface area contributed by atoms with E-state index in [0.29, 0.717) is 26.0 Å².